The Hall–Kier alpha value is -7.62. The molecule has 2 heterocycles. The Labute approximate surface area is 330 Å². The van der Waals surface area contributed by atoms with Crippen LogP contribution in [0.2, 0.25) is 0 Å². The van der Waals surface area contributed by atoms with E-state index in [1.165, 1.54) is 44.1 Å². The third-order valence-corrected chi connectivity index (χ3v) is 11.2. The van der Waals surface area contributed by atoms with Gasteiger partial charge in [-0.1, -0.05) is 140 Å². The lowest BCUT2D eigenvalue weighted by Gasteiger charge is -2.26. The SMILES string of the molecule is c1ccc(-c2ccc(N(c3ccc(-c4ccc5c(c4)oc4ccccc45)cc3)c3ccc4c(c3)c3c(-c5ccccc5)cccc3n4-c3ccccc3)cc2)cc1. The van der Waals surface area contributed by atoms with E-state index < -0.39 is 0 Å². The zero-order valence-electron chi connectivity index (χ0n) is 31.1. The smallest absolute Gasteiger partial charge is 0.136 e. The minimum atomic E-state index is 0.899. The molecule has 9 aromatic carbocycles. The lowest BCUT2D eigenvalue weighted by Crippen LogP contribution is -2.10. The van der Waals surface area contributed by atoms with Gasteiger partial charge >= 0.3 is 0 Å². The fraction of sp³-hybridized carbons (Fsp3) is 0. The van der Waals surface area contributed by atoms with E-state index in [-0.39, 0.29) is 0 Å². The molecule has 0 unspecified atom stereocenters. The second-order valence-corrected chi connectivity index (χ2v) is 14.5. The van der Waals surface area contributed by atoms with E-state index in [1.54, 1.807) is 0 Å². The Morgan fingerprint density at radius 1 is 0.333 bits per heavy atom. The number of hydrogen-bond acceptors (Lipinski definition) is 2. The van der Waals surface area contributed by atoms with E-state index in [9.17, 15) is 0 Å². The average Bonchev–Trinajstić information content (AvgIpc) is 3.83. The van der Waals surface area contributed by atoms with Crippen LogP contribution in [-0.2, 0) is 0 Å². The van der Waals surface area contributed by atoms with E-state index in [2.05, 4.69) is 216 Å². The molecule has 3 heteroatoms. The van der Waals surface area contributed by atoms with Crippen molar-refractivity contribution >= 4 is 60.8 Å². The lowest BCUT2D eigenvalue weighted by molar-refractivity contribution is 0.669. The minimum Gasteiger partial charge on any atom is -0.456 e. The number of hydrogen-bond donors (Lipinski definition) is 0. The molecule has 0 atom stereocenters. The second kappa shape index (κ2) is 13.6. The maximum atomic E-state index is 6.26. The Morgan fingerprint density at radius 2 is 0.895 bits per heavy atom. The van der Waals surface area contributed by atoms with Crippen LogP contribution in [0.1, 0.15) is 0 Å². The van der Waals surface area contributed by atoms with Crippen LogP contribution in [0.4, 0.5) is 17.1 Å². The standard InChI is InChI=1S/C54H36N2O/c1-4-13-37(14-5-1)38-23-28-43(29-24-38)55(44-30-25-39(26-31-44)41-27-33-48-47-19-10-11-22-52(47)57-53(48)35-41)45-32-34-50-49(36-45)54-46(40-15-6-2-7-16-40)20-12-21-51(54)56(50)42-17-8-3-9-18-42/h1-36H. The Morgan fingerprint density at radius 3 is 1.61 bits per heavy atom. The summed E-state index contributed by atoms with van der Waals surface area (Å²) in [5.41, 5.74) is 15.6. The molecule has 0 fully saturated rings. The van der Waals surface area contributed by atoms with Gasteiger partial charge in [0, 0.05) is 44.3 Å². The fourth-order valence-electron chi connectivity index (χ4n) is 8.50. The van der Waals surface area contributed by atoms with Gasteiger partial charge in [0.2, 0.25) is 0 Å². The summed E-state index contributed by atoms with van der Waals surface area (Å²) in [4.78, 5) is 2.37. The Balaban J connectivity index is 1.08. The molecule has 0 aliphatic carbocycles. The van der Waals surface area contributed by atoms with E-state index in [1.807, 2.05) is 12.1 Å². The van der Waals surface area contributed by atoms with Crippen LogP contribution in [0.15, 0.2) is 223 Å². The van der Waals surface area contributed by atoms with Crippen LogP contribution in [-0.4, -0.2) is 4.57 Å². The average molecular weight is 729 g/mol. The first-order valence-corrected chi connectivity index (χ1v) is 19.4. The number of nitrogens with zero attached hydrogens (tertiary/aromatic N) is 2. The van der Waals surface area contributed by atoms with Crippen molar-refractivity contribution in [2.24, 2.45) is 0 Å². The van der Waals surface area contributed by atoms with Crippen molar-refractivity contribution in [2.75, 3.05) is 4.90 Å². The Bertz CT molecular complexity index is 3200. The summed E-state index contributed by atoms with van der Waals surface area (Å²) in [6.45, 7) is 0. The molecule has 0 spiro atoms. The van der Waals surface area contributed by atoms with Crippen LogP contribution in [0.5, 0.6) is 0 Å². The zero-order valence-corrected chi connectivity index (χ0v) is 31.1. The molecule has 0 N–H and O–H groups in total. The van der Waals surface area contributed by atoms with E-state index in [4.69, 9.17) is 4.42 Å². The monoisotopic (exact) mass is 728 g/mol. The van der Waals surface area contributed by atoms with Crippen molar-refractivity contribution in [3.8, 4) is 39.1 Å². The predicted molar refractivity (Wildman–Crippen MR) is 239 cm³/mol. The van der Waals surface area contributed by atoms with E-state index >= 15 is 0 Å². The molecule has 0 aliphatic heterocycles. The zero-order chi connectivity index (χ0) is 37.7. The molecule has 0 aliphatic rings. The summed E-state index contributed by atoms with van der Waals surface area (Å²) in [7, 11) is 0. The van der Waals surface area contributed by atoms with Gasteiger partial charge in [-0.05, 0) is 112 Å². The maximum absolute atomic E-state index is 6.26. The molecule has 11 rings (SSSR count). The summed E-state index contributed by atoms with van der Waals surface area (Å²) >= 11 is 0. The van der Waals surface area contributed by atoms with Gasteiger partial charge in [0.05, 0.1) is 11.0 Å². The van der Waals surface area contributed by atoms with Gasteiger partial charge in [-0.15, -0.1) is 0 Å². The van der Waals surface area contributed by atoms with Crippen molar-refractivity contribution < 1.29 is 4.42 Å². The molecule has 0 radical (unpaired) electrons. The van der Waals surface area contributed by atoms with Crippen LogP contribution >= 0.6 is 0 Å². The van der Waals surface area contributed by atoms with Crippen LogP contribution < -0.4 is 4.90 Å². The molecule has 11 aromatic rings. The molecule has 3 nitrogen and oxygen atoms in total. The minimum absolute atomic E-state index is 0.899. The first-order chi connectivity index (χ1) is 28.3. The summed E-state index contributed by atoms with van der Waals surface area (Å²) in [6, 6.07) is 78.2. The van der Waals surface area contributed by atoms with Gasteiger partial charge in [0.25, 0.3) is 0 Å². The summed E-state index contributed by atoms with van der Waals surface area (Å²) in [5.74, 6) is 0. The van der Waals surface area contributed by atoms with Crippen molar-refractivity contribution in [1.82, 2.24) is 4.57 Å². The molecule has 0 amide bonds. The number of anilines is 3. The largest absolute Gasteiger partial charge is 0.456 e. The molecular formula is C54H36N2O. The molecule has 0 saturated carbocycles. The van der Waals surface area contributed by atoms with E-state index in [0.717, 1.165) is 55.8 Å². The number of furan rings is 1. The van der Waals surface area contributed by atoms with Crippen LogP contribution in [0, 0.1) is 0 Å². The van der Waals surface area contributed by atoms with Gasteiger partial charge in [0.15, 0.2) is 0 Å². The van der Waals surface area contributed by atoms with Gasteiger partial charge in [0.1, 0.15) is 11.2 Å². The highest BCUT2D eigenvalue weighted by Crippen LogP contribution is 2.43. The van der Waals surface area contributed by atoms with Gasteiger partial charge in [-0.2, -0.15) is 0 Å². The number of fused-ring (bicyclic) bond motifs is 6. The van der Waals surface area contributed by atoms with Crippen LogP contribution in [0.3, 0.4) is 0 Å². The highest BCUT2D eigenvalue weighted by atomic mass is 16.3. The number of aromatic nitrogens is 1. The number of rotatable bonds is 7. The summed E-state index contributed by atoms with van der Waals surface area (Å²) < 4.78 is 8.65. The first kappa shape index (κ1) is 32.8. The first-order valence-electron chi connectivity index (χ1n) is 19.4. The molecule has 0 saturated heterocycles. The molecule has 268 valence electrons. The molecular weight excluding hydrogens is 693 g/mol. The topological polar surface area (TPSA) is 21.3 Å². The number of para-hydroxylation sites is 2. The molecule has 0 bridgehead atoms. The highest BCUT2D eigenvalue weighted by molar-refractivity contribution is 6.16. The third kappa shape index (κ3) is 5.68. The summed E-state index contributed by atoms with van der Waals surface area (Å²) in [5, 5.41) is 4.71. The highest BCUT2D eigenvalue weighted by Gasteiger charge is 2.20. The quantitative estimate of drug-likeness (QED) is 0.163. The van der Waals surface area contributed by atoms with E-state index in [0.29, 0.717) is 0 Å². The van der Waals surface area contributed by atoms with Crippen molar-refractivity contribution in [1.29, 1.82) is 0 Å². The fourth-order valence-corrected chi connectivity index (χ4v) is 8.50. The second-order valence-electron chi connectivity index (χ2n) is 14.5. The maximum Gasteiger partial charge on any atom is 0.136 e. The van der Waals surface area contributed by atoms with Crippen molar-refractivity contribution in [3.05, 3.63) is 218 Å². The van der Waals surface area contributed by atoms with Crippen molar-refractivity contribution in [3.63, 3.8) is 0 Å². The Kier molecular flexibility index (Phi) is 7.82. The van der Waals surface area contributed by atoms with Gasteiger partial charge < -0.3 is 13.9 Å². The predicted octanol–water partition coefficient (Wildman–Crippen LogP) is 15.2. The molecule has 57 heavy (non-hydrogen) atoms. The normalized spacial score (nSPS) is 11.5. The van der Waals surface area contributed by atoms with Crippen LogP contribution in [0.25, 0.3) is 82.8 Å². The van der Waals surface area contributed by atoms with Crippen molar-refractivity contribution in [2.45, 2.75) is 0 Å². The summed E-state index contributed by atoms with van der Waals surface area (Å²) in [6.07, 6.45) is 0. The molecule has 2 aromatic heterocycles. The van der Waals surface area contributed by atoms with Gasteiger partial charge in [-0.3, -0.25) is 0 Å². The third-order valence-electron chi connectivity index (χ3n) is 11.2. The van der Waals surface area contributed by atoms with Gasteiger partial charge in [-0.25, -0.2) is 0 Å². The number of benzene rings is 9. The lowest BCUT2D eigenvalue weighted by atomic mass is 9.99.